The molecule has 1 aliphatic rings. The highest BCUT2D eigenvalue weighted by Gasteiger charge is 2.25. The maximum atomic E-state index is 12.2. The molecule has 0 fully saturated rings. The van der Waals surface area contributed by atoms with Gasteiger partial charge in [0.1, 0.15) is 5.75 Å². The Morgan fingerprint density at radius 1 is 1.03 bits per heavy atom. The molecular formula is C22H21NO7. The molecule has 8 nitrogen and oxygen atoms in total. The van der Waals surface area contributed by atoms with Gasteiger partial charge >= 0.3 is 11.9 Å². The zero-order chi connectivity index (χ0) is 21.5. The fraction of sp³-hybridized carbons (Fsp3) is 0.227. The van der Waals surface area contributed by atoms with Gasteiger partial charge in [-0.05, 0) is 55.8 Å². The summed E-state index contributed by atoms with van der Waals surface area (Å²) in [7, 11) is 0. The predicted octanol–water partition coefficient (Wildman–Crippen LogP) is 3.29. The van der Waals surface area contributed by atoms with Crippen molar-refractivity contribution in [1.82, 2.24) is 0 Å². The van der Waals surface area contributed by atoms with Crippen molar-refractivity contribution < 1.29 is 33.6 Å². The second-order valence-corrected chi connectivity index (χ2v) is 6.12. The van der Waals surface area contributed by atoms with Gasteiger partial charge in [-0.15, -0.1) is 0 Å². The molecule has 30 heavy (non-hydrogen) atoms. The molecule has 0 aliphatic carbocycles. The maximum absolute atomic E-state index is 12.2. The van der Waals surface area contributed by atoms with E-state index in [0.29, 0.717) is 41.6 Å². The molecule has 156 valence electrons. The first-order valence-electron chi connectivity index (χ1n) is 9.37. The van der Waals surface area contributed by atoms with Crippen LogP contribution in [0.25, 0.3) is 6.08 Å². The Bertz CT molecular complexity index is 993. The minimum atomic E-state index is -1.06. The van der Waals surface area contributed by atoms with Crippen molar-refractivity contribution in [3.63, 3.8) is 0 Å². The van der Waals surface area contributed by atoms with Crippen LogP contribution in [-0.2, 0) is 14.3 Å². The van der Waals surface area contributed by atoms with Crippen LogP contribution in [0.4, 0.5) is 0 Å². The Balaban J connectivity index is 1.80. The summed E-state index contributed by atoms with van der Waals surface area (Å²) in [6, 6.07) is 11.8. The molecule has 1 aliphatic heterocycles. The topological polar surface area (TPSA) is 104 Å². The summed E-state index contributed by atoms with van der Waals surface area (Å²) in [6.45, 7) is 4.30. The van der Waals surface area contributed by atoms with Gasteiger partial charge in [-0.2, -0.15) is 0 Å². The SMILES string of the molecule is CCOc1ccc(C2=N/C(=C/c3ccc(OCC(=O)O)cc3)C(=O)O2)cc1OCC. The first-order chi connectivity index (χ1) is 14.5. The molecule has 3 rings (SSSR count). The summed E-state index contributed by atoms with van der Waals surface area (Å²) in [5, 5.41) is 8.64. The second kappa shape index (κ2) is 9.60. The van der Waals surface area contributed by atoms with E-state index < -0.39 is 18.5 Å². The monoisotopic (exact) mass is 411 g/mol. The van der Waals surface area contributed by atoms with Crippen LogP contribution >= 0.6 is 0 Å². The van der Waals surface area contributed by atoms with Crippen molar-refractivity contribution in [2.75, 3.05) is 19.8 Å². The number of carboxylic acid groups (broad SMARTS) is 1. The van der Waals surface area contributed by atoms with Gasteiger partial charge in [-0.25, -0.2) is 14.6 Å². The number of hydrogen-bond acceptors (Lipinski definition) is 7. The fourth-order valence-electron chi connectivity index (χ4n) is 2.68. The summed E-state index contributed by atoms with van der Waals surface area (Å²) in [4.78, 5) is 27.1. The molecular weight excluding hydrogens is 390 g/mol. The Labute approximate surface area is 173 Å². The summed E-state index contributed by atoms with van der Waals surface area (Å²) in [5.41, 5.74) is 1.43. The zero-order valence-electron chi connectivity index (χ0n) is 16.6. The van der Waals surface area contributed by atoms with Gasteiger partial charge in [-0.3, -0.25) is 0 Å². The van der Waals surface area contributed by atoms with Crippen LogP contribution in [0.15, 0.2) is 53.2 Å². The number of carbonyl (C=O) groups is 2. The van der Waals surface area contributed by atoms with Crippen molar-refractivity contribution in [2.45, 2.75) is 13.8 Å². The van der Waals surface area contributed by atoms with Gasteiger partial charge in [0.15, 0.2) is 23.8 Å². The highest BCUT2D eigenvalue weighted by molar-refractivity contribution is 6.13. The molecule has 0 amide bonds. The van der Waals surface area contributed by atoms with E-state index in [0.717, 1.165) is 0 Å². The van der Waals surface area contributed by atoms with Crippen LogP contribution in [-0.4, -0.2) is 42.8 Å². The van der Waals surface area contributed by atoms with Crippen molar-refractivity contribution in [3.8, 4) is 17.2 Å². The molecule has 0 atom stereocenters. The van der Waals surface area contributed by atoms with Crippen molar-refractivity contribution in [3.05, 3.63) is 59.3 Å². The quantitative estimate of drug-likeness (QED) is 0.499. The van der Waals surface area contributed by atoms with Crippen LogP contribution in [0.1, 0.15) is 25.0 Å². The Kier molecular flexibility index (Phi) is 6.69. The fourth-order valence-corrected chi connectivity index (χ4v) is 2.68. The van der Waals surface area contributed by atoms with Gasteiger partial charge in [0.25, 0.3) is 0 Å². The number of ether oxygens (including phenoxy) is 4. The van der Waals surface area contributed by atoms with E-state index in [1.165, 1.54) is 0 Å². The van der Waals surface area contributed by atoms with E-state index in [-0.39, 0.29) is 11.6 Å². The minimum absolute atomic E-state index is 0.149. The number of aliphatic carboxylic acids is 1. The molecule has 1 heterocycles. The standard InChI is InChI=1S/C22H21NO7/c1-3-27-18-10-7-15(12-19(18)28-4-2)21-23-17(22(26)30-21)11-14-5-8-16(9-6-14)29-13-20(24)25/h5-12H,3-4,13H2,1-2H3,(H,24,25)/b17-11+. The van der Waals surface area contributed by atoms with E-state index >= 15 is 0 Å². The molecule has 1 N–H and O–H groups in total. The number of aliphatic imine (C=N–C) groups is 1. The van der Waals surface area contributed by atoms with E-state index in [4.69, 9.17) is 24.1 Å². The third-order valence-corrected chi connectivity index (χ3v) is 3.96. The minimum Gasteiger partial charge on any atom is -0.490 e. The van der Waals surface area contributed by atoms with E-state index in [9.17, 15) is 9.59 Å². The Hall–Kier alpha value is -3.81. The summed E-state index contributed by atoms with van der Waals surface area (Å²) >= 11 is 0. The third-order valence-electron chi connectivity index (χ3n) is 3.96. The van der Waals surface area contributed by atoms with Gasteiger partial charge in [0.2, 0.25) is 5.90 Å². The average molecular weight is 411 g/mol. The lowest BCUT2D eigenvalue weighted by Gasteiger charge is -2.11. The molecule has 0 saturated heterocycles. The van der Waals surface area contributed by atoms with Gasteiger partial charge in [0, 0.05) is 5.56 Å². The number of rotatable bonds is 9. The summed E-state index contributed by atoms with van der Waals surface area (Å²) < 4.78 is 21.5. The van der Waals surface area contributed by atoms with E-state index in [1.807, 2.05) is 13.8 Å². The lowest BCUT2D eigenvalue weighted by Crippen LogP contribution is -2.09. The first kappa shape index (κ1) is 20.9. The number of carbonyl (C=O) groups excluding carboxylic acids is 1. The number of carboxylic acids is 1. The van der Waals surface area contributed by atoms with Gasteiger partial charge < -0.3 is 24.1 Å². The zero-order valence-corrected chi connectivity index (χ0v) is 16.6. The molecule has 8 heteroatoms. The van der Waals surface area contributed by atoms with Crippen molar-refractivity contribution >= 4 is 23.9 Å². The highest BCUT2D eigenvalue weighted by atomic mass is 16.6. The molecule has 0 aromatic heterocycles. The molecule has 0 bridgehead atoms. The number of benzene rings is 2. The molecule has 0 radical (unpaired) electrons. The van der Waals surface area contributed by atoms with Crippen LogP contribution < -0.4 is 14.2 Å². The normalized spacial score (nSPS) is 14.3. The lowest BCUT2D eigenvalue weighted by molar-refractivity contribution is -0.139. The van der Waals surface area contributed by atoms with Gasteiger partial charge in [0.05, 0.1) is 13.2 Å². The van der Waals surface area contributed by atoms with Crippen LogP contribution in [0.3, 0.4) is 0 Å². The predicted molar refractivity (Wildman–Crippen MR) is 109 cm³/mol. The van der Waals surface area contributed by atoms with Gasteiger partial charge in [-0.1, -0.05) is 12.1 Å². The van der Waals surface area contributed by atoms with Crippen LogP contribution in [0, 0.1) is 0 Å². The largest absolute Gasteiger partial charge is 0.490 e. The first-order valence-corrected chi connectivity index (χ1v) is 9.37. The number of nitrogens with zero attached hydrogens (tertiary/aromatic N) is 1. The number of cyclic esters (lactones) is 1. The maximum Gasteiger partial charge on any atom is 0.363 e. The number of esters is 1. The number of hydrogen-bond donors (Lipinski definition) is 1. The average Bonchev–Trinajstić information content (AvgIpc) is 3.09. The van der Waals surface area contributed by atoms with E-state index in [1.54, 1.807) is 48.5 Å². The van der Waals surface area contributed by atoms with Crippen molar-refractivity contribution in [2.24, 2.45) is 4.99 Å². The van der Waals surface area contributed by atoms with Crippen LogP contribution in [0.5, 0.6) is 17.2 Å². The molecule has 2 aromatic carbocycles. The molecule has 0 saturated carbocycles. The Morgan fingerprint density at radius 2 is 1.73 bits per heavy atom. The Morgan fingerprint density at radius 3 is 2.40 bits per heavy atom. The summed E-state index contributed by atoms with van der Waals surface area (Å²) in [5.74, 6) is 0.118. The molecule has 0 unspecified atom stereocenters. The molecule has 2 aromatic rings. The van der Waals surface area contributed by atoms with Crippen LogP contribution in [0.2, 0.25) is 0 Å². The smallest absolute Gasteiger partial charge is 0.363 e. The lowest BCUT2D eigenvalue weighted by atomic mass is 10.2. The molecule has 0 spiro atoms. The van der Waals surface area contributed by atoms with E-state index in [2.05, 4.69) is 4.99 Å². The highest BCUT2D eigenvalue weighted by Crippen LogP contribution is 2.30. The second-order valence-electron chi connectivity index (χ2n) is 6.12. The third kappa shape index (κ3) is 5.16. The summed E-state index contributed by atoms with van der Waals surface area (Å²) in [6.07, 6.45) is 1.58. The van der Waals surface area contributed by atoms with Crippen molar-refractivity contribution in [1.29, 1.82) is 0 Å².